The predicted molar refractivity (Wildman–Crippen MR) is 164 cm³/mol. The molecule has 7 heteroatoms. The van der Waals surface area contributed by atoms with E-state index >= 15 is 0 Å². The fourth-order valence-corrected chi connectivity index (χ4v) is 4.42. The van der Waals surface area contributed by atoms with E-state index in [9.17, 15) is 9.59 Å². The Kier molecular flexibility index (Phi) is 15.7. The normalized spacial score (nSPS) is 11.2. The van der Waals surface area contributed by atoms with Crippen molar-refractivity contribution in [3.05, 3.63) is 88.6 Å². The molecule has 0 fully saturated rings. The van der Waals surface area contributed by atoms with Gasteiger partial charge in [-0.2, -0.15) is 5.10 Å². The number of hydrogen-bond donors (Lipinski definition) is 3. The van der Waals surface area contributed by atoms with E-state index in [-0.39, 0.29) is 17.7 Å². The van der Waals surface area contributed by atoms with Crippen molar-refractivity contribution >= 4 is 39.1 Å². The molecular weight excluding hydrogens is 540 g/mol. The minimum Gasteiger partial charge on any atom is -0.348 e. The van der Waals surface area contributed by atoms with E-state index < -0.39 is 0 Å². The van der Waals surface area contributed by atoms with Crippen molar-refractivity contribution in [1.82, 2.24) is 15.5 Å². The Hall–Kier alpha value is -3.19. The van der Waals surface area contributed by atoms with Crippen LogP contribution < -0.4 is 10.6 Å². The zero-order valence-electron chi connectivity index (χ0n) is 23.5. The maximum Gasteiger partial charge on any atom is 0.270 e. The van der Waals surface area contributed by atoms with Crippen LogP contribution in [0.15, 0.2) is 71.8 Å². The number of Topliss-reactive ketones (excluding diaryl/α,β-unsaturated/α-hetero) is 1. The zero-order valence-corrected chi connectivity index (χ0v) is 25.1. The highest BCUT2D eigenvalue weighted by Gasteiger charge is 2.20. The van der Waals surface area contributed by atoms with Crippen molar-refractivity contribution in [2.45, 2.75) is 79.2 Å². The lowest BCUT2D eigenvalue weighted by atomic mass is 10.0. The van der Waals surface area contributed by atoms with Gasteiger partial charge in [-0.15, -0.1) is 0 Å². The Morgan fingerprint density at radius 1 is 1.16 bits per heavy atom. The van der Waals surface area contributed by atoms with Gasteiger partial charge < -0.3 is 10.6 Å². The van der Waals surface area contributed by atoms with Gasteiger partial charge in [0.2, 0.25) is 0 Å². The first kappa shape index (κ1) is 32.8. The number of aromatic nitrogens is 2. The maximum atomic E-state index is 12.6. The molecule has 1 aromatic carbocycles. The van der Waals surface area contributed by atoms with Crippen LogP contribution in [0.5, 0.6) is 0 Å². The van der Waals surface area contributed by atoms with Crippen molar-refractivity contribution in [2.75, 3.05) is 5.32 Å². The lowest BCUT2D eigenvalue weighted by Gasteiger charge is -2.16. The van der Waals surface area contributed by atoms with Crippen molar-refractivity contribution in [2.24, 2.45) is 0 Å². The molecule has 0 radical (unpaired) electrons. The fraction of sp³-hybridized carbons (Fsp3) is 0.387. The topological polar surface area (TPSA) is 86.9 Å². The van der Waals surface area contributed by atoms with Gasteiger partial charge in [-0.05, 0) is 60.2 Å². The molecule has 206 valence electrons. The molecule has 2 aromatic rings. The number of H-pyrrole nitrogens is 1. The standard InChI is InChI=1S/C21H29BrN4O.C10H14O/c1-5-10-16(11-6-2)24-21(27)19-18(22)20(26-25-19)23-14(4)17-13-9-8-12-15(17)7-3;1-4-6-10(7-5-2)8-9(3)11/h8-9,12-13,16H,4-7,10-11H2,1-3H3,(H,24,27)(H2,23,25,26);4-7H,1,8H2,2-3H3/b;7-5-,10-6+. The molecule has 6 nitrogen and oxygen atoms in total. The molecule has 0 unspecified atom stereocenters. The van der Waals surface area contributed by atoms with Gasteiger partial charge in [-0.1, -0.05) is 95.3 Å². The Balaban J connectivity index is 0.000000554. The SMILES string of the molecule is C=C(Nc1n[nH]c(C(=O)NC(CCC)CCC)c1Br)c1ccccc1CC.C=C/C=C(\C=C/C)CC(C)=O. The highest BCUT2D eigenvalue weighted by molar-refractivity contribution is 9.10. The lowest BCUT2D eigenvalue weighted by Crippen LogP contribution is -2.35. The Bertz CT molecular complexity index is 1120. The average molecular weight is 584 g/mol. The molecule has 1 aromatic heterocycles. The van der Waals surface area contributed by atoms with Crippen LogP contribution in [0.3, 0.4) is 0 Å². The maximum absolute atomic E-state index is 12.6. The van der Waals surface area contributed by atoms with Crippen molar-refractivity contribution in [3.8, 4) is 0 Å². The number of nitrogens with zero attached hydrogens (tertiary/aromatic N) is 1. The number of carbonyl (C=O) groups is 2. The summed E-state index contributed by atoms with van der Waals surface area (Å²) in [4.78, 5) is 23.3. The monoisotopic (exact) mass is 582 g/mol. The van der Waals surface area contributed by atoms with E-state index in [1.165, 1.54) is 5.56 Å². The number of benzene rings is 1. The number of anilines is 1. The van der Waals surface area contributed by atoms with Gasteiger partial charge in [0.25, 0.3) is 5.91 Å². The molecule has 0 aliphatic carbocycles. The van der Waals surface area contributed by atoms with Crippen LogP contribution in [0, 0.1) is 0 Å². The van der Waals surface area contributed by atoms with E-state index in [4.69, 9.17) is 0 Å². The summed E-state index contributed by atoms with van der Waals surface area (Å²) in [6.45, 7) is 17.6. The van der Waals surface area contributed by atoms with E-state index in [2.05, 4.69) is 76.8 Å². The third-order valence-corrected chi connectivity index (χ3v) is 6.47. The molecule has 38 heavy (non-hydrogen) atoms. The third-order valence-electron chi connectivity index (χ3n) is 5.70. The van der Waals surface area contributed by atoms with Gasteiger partial charge in [0, 0.05) is 23.7 Å². The Labute approximate surface area is 236 Å². The van der Waals surface area contributed by atoms with Gasteiger partial charge >= 0.3 is 0 Å². The smallest absolute Gasteiger partial charge is 0.270 e. The number of nitrogens with one attached hydrogen (secondary N) is 3. The summed E-state index contributed by atoms with van der Waals surface area (Å²) in [6.07, 6.45) is 12.8. The van der Waals surface area contributed by atoms with Gasteiger partial charge in [0.1, 0.15) is 11.5 Å². The molecule has 0 saturated heterocycles. The fourth-order valence-electron chi connectivity index (χ4n) is 3.96. The lowest BCUT2D eigenvalue weighted by molar-refractivity contribution is -0.116. The number of ketones is 1. The summed E-state index contributed by atoms with van der Waals surface area (Å²) in [7, 11) is 0. The number of halogens is 1. The number of rotatable bonds is 14. The molecule has 0 spiro atoms. The van der Waals surface area contributed by atoms with Crippen LogP contribution in [0.1, 0.15) is 88.3 Å². The number of aromatic amines is 1. The second-order valence-electron chi connectivity index (χ2n) is 8.98. The first-order chi connectivity index (χ1) is 18.2. The number of aryl methyl sites for hydroxylation is 1. The molecule has 2 rings (SSSR count). The molecule has 1 amide bonds. The molecule has 0 aliphatic rings. The van der Waals surface area contributed by atoms with Crippen molar-refractivity contribution in [1.29, 1.82) is 0 Å². The van der Waals surface area contributed by atoms with E-state index in [0.717, 1.165) is 48.9 Å². The van der Waals surface area contributed by atoms with Crippen molar-refractivity contribution < 1.29 is 9.59 Å². The highest BCUT2D eigenvalue weighted by atomic mass is 79.9. The summed E-state index contributed by atoms with van der Waals surface area (Å²) in [5, 5.41) is 13.4. The Morgan fingerprint density at radius 3 is 2.37 bits per heavy atom. The van der Waals surface area contributed by atoms with Gasteiger partial charge in [-0.25, -0.2) is 0 Å². The summed E-state index contributed by atoms with van der Waals surface area (Å²) >= 11 is 3.50. The van der Waals surface area contributed by atoms with Crippen LogP contribution in [0.4, 0.5) is 5.82 Å². The van der Waals surface area contributed by atoms with Gasteiger partial charge in [-0.3, -0.25) is 14.7 Å². The van der Waals surface area contributed by atoms with Crippen LogP contribution >= 0.6 is 15.9 Å². The third kappa shape index (κ3) is 11.1. The average Bonchev–Trinajstić information content (AvgIpc) is 3.24. The van der Waals surface area contributed by atoms with E-state index in [1.807, 2.05) is 43.4 Å². The molecule has 0 atom stereocenters. The highest BCUT2D eigenvalue weighted by Crippen LogP contribution is 2.28. The number of hydrogen-bond acceptors (Lipinski definition) is 4. The Morgan fingerprint density at radius 2 is 1.82 bits per heavy atom. The van der Waals surface area contributed by atoms with Crippen LogP contribution in [-0.4, -0.2) is 27.9 Å². The van der Waals surface area contributed by atoms with Crippen LogP contribution in [0.2, 0.25) is 0 Å². The zero-order chi connectivity index (χ0) is 28.5. The largest absolute Gasteiger partial charge is 0.348 e. The first-order valence-electron chi connectivity index (χ1n) is 13.2. The molecule has 0 bridgehead atoms. The quantitative estimate of drug-likeness (QED) is 0.196. The predicted octanol–water partition coefficient (Wildman–Crippen LogP) is 8.17. The van der Waals surface area contributed by atoms with Crippen LogP contribution in [0.25, 0.3) is 5.70 Å². The molecule has 3 N–H and O–H groups in total. The molecule has 1 heterocycles. The summed E-state index contributed by atoms with van der Waals surface area (Å²) in [5.41, 5.74) is 4.44. The second-order valence-corrected chi connectivity index (χ2v) is 9.77. The van der Waals surface area contributed by atoms with E-state index in [1.54, 1.807) is 13.0 Å². The summed E-state index contributed by atoms with van der Waals surface area (Å²) in [5.74, 6) is 0.587. The molecule has 0 aliphatic heterocycles. The van der Waals surface area contributed by atoms with Gasteiger partial charge in [0.05, 0.1) is 4.47 Å². The summed E-state index contributed by atoms with van der Waals surface area (Å²) in [6, 6.07) is 8.31. The van der Waals surface area contributed by atoms with E-state index in [0.29, 0.717) is 22.4 Å². The summed E-state index contributed by atoms with van der Waals surface area (Å²) < 4.78 is 0.613. The minimum absolute atomic E-state index is 0.145. The van der Waals surface area contributed by atoms with Crippen molar-refractivity contribution in [3.63, 3.8) is 0 Å². The number of carbonyl (C=O) groups excluding carboxylic acids is 2. The molecular formula is C31H43BrN4O2. The minimum atomic E-state index is -0.145. The van der Waals surface area contributed by atoms with Crippen LogP contribution in [-0.2, 0) is 11.2 Å². The number of amides is 1. The molecule has 0 saturated carbocycles. The number of allylic oxidation sites excluding steroid dienone is 5. The first-order valence-corrected chi connectivity index (χ1v) is 14.0. The second kappa shape index (κ2) is 18.1. The van der Waals surface area contributed by atoms with Gasteiger partial charge in [0.15, 0.2) is 5.82 Å².